The van der Waals surface area contributed by atoms with Crippen molar-refractivity contribution in [3.8, 4) is 5.75 Å². The van der Waals surface area contributed by atoms with Crippen LogP contribution in [0.2, 0.25) is 0 Å². The fourth-order valence-corrected chi connectivity index (χ4v) is 2.87. The number of benzene rings is 1. The normalized spacial score (nSPS) is 25.1. The summed E-state index contributed by atoms with van der Waals surface area (Å²) >= 11 is 0. The Hall–Kier alpha value is -1.06. The van der Waals surface area contributed by atoms with Gasteiger partial charge in [0.1, 0.15) is 5.75 Å². The number of nitrogens with two attached hydrogens (primary N) is 1. The van der Waals surface area contributed by atoms with E-state index in [9.17, 15) is 0 Å². The number of rotatable bonds is 5. The van der Waals surface area contributed by atoms with Gasteiger partial charge in [-0.05, 0) is 49.9 Å². The molecule has 3 atom stereocenters. The van der Waals surface area contributed by atoms with E-state index in [-0.39, 0.29) is 0 Å². The second-order valence-corrected chi connectivity index (χ2v) is 5.20. The fraction of sp³-hybridized carbons (Fsp3) is 0.600. The highest BCUT2D eigenvalue weighted by atomic mass is 16.5. The Morgan fingerprint density at radius 3 is 3.00 bits per heavy atom. The lowest BCUT2D eigenvalue weighted by Crippen LogP contribution is -2.37. The van der Waals surface area contributed by atoms with Crippen molar-refractivity contribution in [3.63, 3.8) is 0 Å². The van der Waals surface area contributed by atoms with E-state index in [1.165, 1.54) is 24.8 Å². The summed E-state index contributed by atoms with van der Waals surface area (Å²) in [5, 5.41) is 3.71. The summed E-state index contributed by atoms with van der Waals surface area (Å²) in [5.41, 5.74) is 7.10. The maximum absolute atomic E-state index is 5.82. The average Bonchev–Trinajstić information content (AvgIpc) is 2.86. The Morgan fingerprint density at radius 1 is 1.44 bits per heavy atom. The minimum Gasteiger partial charge on any atom is -0.497 e. The SMILES string of the molecule is COc1cccc(C(C)NC2CCCC2CN)c1. The molecule has 0 radical (unpaired) electrons. The van der Waals surface area contributed by atoms with Crippen molar-refractivity contribution in [2.24, 2.45) is 11.7 Å². The lowest BCUT2D eigenvalue weighted by molar-refractivity contribution is 0.372. The highest BCUT2D eigenvalue weighted by Gasteiger charge is 2.27. The third kappa shape index (κ3) is 3.03. The maximum atomic E-state index is 5.82. The first kappa shape index (κ1) is 13.4. The Balaban J connectivity index is 2.00. The monoisotopic (exact) mass is 248 g/mol. The molecule has 1 aliphatic carbocycles. The number of ether oxygens (including phenoxy) is 1. The van der Waals surface area contributed by atoms with E-state index in [2.05, 4.69) is 24.4 Å². The molecule has 0 aliphatic heterocycles. The third-order valence-electron chi connectivity index (χ3n) is 4.02. The summed E-state index contributed by atoms with van der Waals surface area (Å²) in [6.07, 6.45) is 3.81. The molecule has 1 aliphatic rings. The van der Waals surface area contributed by atoms with Crippen LogP contribution >= 0.6 is 0 Å². The molecule has 0 bridgehead atoms. The average molecular weight is 248 g/mol. The maximum Gasteiger partial charge on any atom is 0.119 e. The molecule has 1 aromatic carbocycles. The van der Waals surface area contributed by atoms with E-state index >= 15 is 0 Å². The van der Waals surface area contributed by atoms with Crippen LogP contribution in [0.25, 0.3) is 0 Å². The van der Waals surface area contributed by atoms with Gasteiger partial charge in [-0.2, -0.15) is 0 Å². The Kier molecular flexibility index (Phi) is 4.61. The lowest BCUT2D eigenvalue weighted by atomic mass is 10.0. The lowest BCUT2D eigenvalue weighted by Gasteiger charge is -2.24. The molecule has 3 N–H and O–H groups in total. The molecule has 3 unspecified atom stereocenters. The minimum absolute atomic E-state index is 0.345. The summed E-state index contributed by atoms with van der Waals surface area (Å²) in [7, 11) is 1.71. The Bertz CT molecular complexity index is 381. The van der Waals surface area contributed by atoms with Crippen molar-refractivity contribution in [1.29, 1.82) is 0 Å². The second-order valence-electron chi connectivity index (χ2n) is 5.20. The zero-order chi connectivity index (χ0) is 13.0. The van der Waals surface area contributed by atoms with Gasteiger partial charge in [0.15, 0.2) is 0 Å². The molecule has 1 fully saturated rings. The van der Waals surface area contributed by atoms with Crippen molar-refractivity contribution < 1.29 is 4.74 Å². The molecule has 2 rings (SSSR count). The van der Waals surface area contributed by atoms with Gasteiger partial charge >= 0.3 is 0 Å². The van der Waals surface area contributed by atoms with Gasteiger partial charge in [-0.25, -0.2) is 0 Å². The molecule has 0 saturated heterocycles. The van der Waals surface area contributed by atoms with Gasteiger partial charge in [-0.1, -0.05) is 18.6 Å². The second kappa shape index (κ2) is 6.21. The number of hydrogen-bond acceptors (Lipinski definition) is 3. The van der Waals surface area contributed by atoms with E-state index in [4.69, 9.17) is 10.5 Å². The quantitative estimate of drug-likeness (QED) is 0.841. The van der Waals surface area contributed by atoms with Crippen LogP contribution in [0.4, 0.5) is 0 Å². The van der Waals surface area contributed by atoms with Crippen LogP contribution in [0.3, 0.4) is 0 Å². The summed E-state index contributed by atoms with van der Waals surface area (Å²) in [6, 6.07) is 9.18. The van der Waals surface area contributed by atoms with Crippen molar-refractivity contribution >= 4 is 0 Å². The van der Waals surface area contributed by atoms with Crippen molar-refractivity contribution in [3.05, 3.63) is 29.8 Å². The highest BCUT2D eigenvalue weighted by molar-refractivity contribution is 5.30. The van der Waals surface area contributed by atoms with Gasteiger partial charge in [-0.3, -0.25) is 0 Å². The minimum atomic E-state index is 0.345. The molecule has 3 heteroatoms. The fourth-order valence-electron chi connectivity index (χ4n) is 2.87. The molecule has 3 nitrogen and oxygen atoms in total. The zero-order valence-corrected chi connectivity index (χ0v) is 11.4. The molecular weight excluding hydrogens is 224 g/mol. The number of hydrogen-bond donors (Lipinski definition) is 2. The molecular formula is C15H24N2O. The third-order valence-corrected chi connectivity index (χ3v) is 4.02. The van der Waals surface area contributed by atoms with Crippen LogP contribution in [0.5, 0.6) is 5.75 Å². The van der Waals surface area contributed by atoms with Crippen LogP contribution in [0.1, 0.15) is 37.8 Å². The van der Waals surface area contributed by atoms with Gasteiger partial charge < -0.3 is 15.8 Å². The molecule has 1 aromatic rings. The van der Waals surface area contributed by atoms with E-state index in [1.54, 1.807) is 7.11 Å². The van der Waals surface area contributed by atoms with E-state index in [1.807, 2.05) is 12.1 Å². The smallest absolute Gasteiger partial charge is 0.119 e. The first-order valence-electron chi connectivity index (χ1n) is 6.84. The molecule has 1 saturated carbocycles. The predicted octanol–water partition coefficient (Wildman–Crippen LogP) is 2.47. The summed E-state index contributed by atoms with van der Waals surface area (Å²) in [5.74, 6) is 1.56. The topological polar surface area (TPSA) is 47.3 Å². The van der Waals surface area contributed by atoms with Crippen LogP contribution in [-0.4, -0.2) is 19.7 Å². The van der Waals surface area contributed by atoms with E-state index < -0.39 is 0 Å². The largest absolute Gasteiger partial charge is 0.497 e. The van der Waals surface area contributed by atoms with Gasteiger partial charge in [0.25, 0.3) is 0 Å². The van der Waals surface area contributed by atoms with Crippen molar-refractivity contribution in [1.82, 2.24) is 5.32 Å². The van der Waals surface area contributed by atoms with Crippen LogP contribution in [0.15, 0.2) is 24.3 Å². The molecule has 0 heterocycles. The molecule has 100 valence electrons. The van der Waals surface area contributed by atoms with E-state index in [0.29, 0.717) is 18.0 Å². The summed E-state index contributed by atoms with van der Waals surface area (Å²) in [4.78, 5) is 0. The van der Waals surface area contributed by atoms with Crippen LogP contribution < -0.4 is 15.8 Å². The first-order valence-corrected chi connectivity index (χ1v) is 6.84. The standard InChI is InChI=1S/C15H24N2O/c1-11(12-5-3-7-14(9-12)18-2)17-15-8-4-6-13(15)10-16/h3,5,7,9,11,13,15,17H,4,6,8,10,16H2,1-2H3. The van der Waals surface area contributed by atoms with Gasteiger partial charge in [0.2, 0.25) is 0 Å². The van der Waals surface area contributed by atoms with Gasteiger partial charge in [-0.15, -0.1) is 0 Å². The summed E-state index contributed by atoms with van der Waals surface area (Å²) in [6.45, 7) is 3.00. The van der Waals surface area contributed by atoms with E-state index in [0.717, 1.165) is 12.3 Å². The van der Waals surface area contributed by atoms with Crippen molar-refractivity contribution in [2.75, 3.05) is 13.7 Å². The van der Waals surface area contributed by atoms with Crippen LogP contribution in [0, 0.1) is 5.92 Å². The van der Waals surface area contributed by atoms with Crippen LogP contribution in [-0.2, 0) is 0 Å². The van der Waals surface area contributed by atoms with Gasteiger partial charge in [0.05, 0.1) is 7.11 Å². The molecule has 0 spiro atoms. The molecule has 0 aromatic heterocycles. The van der Waals surface area contributed by atoms with Gasteiger partial charge in [0, 0.05) is 12.1 Å². The summed E-state index contributed by atoms with van der Waals surface area (Å²) < 4.78 is 5.27. The molecule has 0 amide bonds. The number of nitrogens with one attached hydrogen (secondary N) is 1. The molecule has 18 heavy (non-hydrogen) atoms. The number of methoxy groups -OCH3 is 1. The Labute approximate surface area is 110 Å². The zero-order valence-electron chi connectivity index (χ0n) is 11.4. The Morgan fingerprint density at radius 2 is 2.28 bits per heavy atom. The van der Waals surface area contributed by atoms with Crippen molar-refractivity contribution in [2.45, 2.75) is 38.3 Å². The predicted molar refractivity (Wildman–Crippen MR) is 74.7 cm³/mol. The first-order chi connectivity index (χ1) is 8.74. The highest BCUT2D eigenvalue weighted by Crippen LogP contribution is 2.27.